The van der Waals surface area contributed by atoms with Gasteiger partial charge in [-0.3, -0.25) is 5.84 Å². The summed E-state index contributed by atoms with van der Waals surface area (Å²) in [7, 11) is 0. The lowest BCUT2D eigenvalue weighted by Gasteiger charge is -2.34. The van der Waals surface area contributed by atoms with E-state index >= 15 is 0 Å². The highest BCUT2D eigenvalue weighted by molar-refractivity contribution is 5.81. The van der Waals surface area contributed by atoms with Crippen molar-refractivity contribution in [3.8, 4) is 5.75 Å². The molecule has 0 radical (unpaired) electrons. The van der Waals surface area contributed by atoms with Crippen LogP contribution in [0.1, 0.15) is 6.42 Å². The number of amidine groups is 1. The molecule has 0 saturated heterocycles. The zero-order chi connectivity index (χ0) is 11.9. The van der Waals surface area contributed by atoms with Gasteiger partial charge in [0.05, 0.1) is 12.2 Å². The van der Waals surface area contributed by atoms with E-state index in [4.69, 9.17) is 16.3 Å². The Kier molecular flexibility index (Phi) is 2.10. The molecule has 3 rings (SSSR count). The maximum Gasteiger partial charge on any atom is 0.354 e. The molecular weight excluding hydrogens is 220 g/mol. The second-order valence-electron chi connectivity index (χ2n) is 3.98. The molecule has 90 valence electrons. The molecule has 6 N–H and O–H groups in total. The first-order valence-electron chi connectivity index (χ1n) is 5.38. The molecule has 2 aliphatic heterocycles. The van der Waals surface area contributed by atoms with Gasteiger partial charge >= 0.3 is 5.97 Å². The van der Waals surface area contributed by atoms with Gasteiger partial charge < -0.3 is 15.8 Å². The maximum absolute atomic E-state index is 5.79. The fourth-order valence-electron chi connectivity index (χ4n) is 1.99. The van der Waals surface area contributed by atoms with Gasteiger partial charge in [0.15, 0.2) is 0 Å². The molecule has 0 aliphatic carbocycles. The van der Waals surface area contributed by atoms with Crippen LogP contribution in [0.3, 0.4) is 0 Å². The molecule has 0 saturated carbocycles. The largest absolute Gasteiger partial charge is 0.433 e. The predicted molar refractivity (Wildman–Crippen MR) is 63.7 cm³/mol. The van der Waals surface area contributed by atoms with Gasteiger partial charge in [0, 0.05) is 6.42 Å². The molecule has 1 atom stereocenters. The molecule has 0 aromatic heterocycles. The third-order valence-corrected chi connectivity index (χ3v) is 2.84. The molecule has 7 heteroatoms. The van der Waals surface area contributed by atoms with Crippen LogP contribution in [0.2, 0.25) is 0 Å². The monoisotopic (exact) mass is 234 g/mol. The minimum atomic E-state index is -1.05. The van der Waals surface area contributed by atoms with Gasteiger partial charge in [0.25, 0.3) is 0 Å². The van der Waals surface area contributed by atoms with Crippen molar-refractivity contribution >= 4 is 11.5 Å². The van der Waals surface area contributed by atoms with Gasteiger partial charge in [-0.05, 0) is 12.1 Å². The lowest BCUT2D eigenvalue weighted by Crippen LogP contribution is -2.66. The number of hydrazine groups is 1. The predicted octanol–water partition coefficient (Wildman–Crippen LogP) is -0.457. The van der Waals surface area contributed by atoms with Crippen LogP contribution in [0.25, 0.3) is 0 Å². The quantitative estimate of drug-likeness (QED) is 0.408. The van der Waals surface area contributed by atoms with Crippen molar-refractivity contribution in [2.75, 3.05) is 11.9 Å². The molecule has 1 unspecified atom stereocenters. The van der Waals surface area contributed by atoms with E-state index < -0.39 is 5.97 Å². The Balaban J connectivity index is 1.92. The van der Waals surface area contributed by atoms with Crippen molar-refractivity contribution < 1.29 is 4.74 Å². The molecule has 0 fully saturated rings. The van der Waals surface area contributed by atoms with Crippen LogP contribution >= 0.6 is 0 Å². The van der Waals surface area contributed by atoms with Crippen LogP contribution in [0, 0.1) is 0 Å². The van der Waals surface area contributed by atoms with Crippen molar-refractivity contribution in [2.24, 2.45) is 16.7 Å². The Morgan fingerprint density at radius 3 is 2.94 bits per heavy atom. The van der Waals surface area contributed by atoms with E-state index in [1.165, 1.54) is 0 Å². The Labute approximate surface area is 98.4 Å². The third kappa shape index (κ3) is 1.48. The summed E-state index contributed by atoms with van der Waals surface area (Å²) < 4.78 is 5.79. The van der Waals surface area contributed by atoms with Crippen LogP contribution in [0.4, 0.5) is 5.69 Å². The lowest BCUT2D eigenvalue weighted by atomic mass is 10.3. The summed E-state index contributed by atoms with van der Waals surface area (Å²) in [6.07, 6.45) is 0.699. The Bertz CT molecular complexity index is 449. The number of hydrogen-bond donors (Lipinski definition) is 4. The number of anilines is 1. The molecule has 17 heavy (non-hydrogen) atoms. The normalized spacial score (nSPS) is 26.2. The van der Waals surface area contributed by atoms with E-state index in [1.807, 2.05) is 24.3 Å². The van der Waals surface area contributed by atoms with E-state index in [0.29, 0.717) is 18.8 Å². The lowest BCUT2D eigenvalue weighted by molar-refractivity contribution is -0.0715. The number of para-hydroxylation sites is 2. The summed E-state index contributed by atoms with van der Waals surface area (Å²) in [6, 6.07) is 7.60. The maximum atomic E-state index is 5.79. The summed E-state index contributed by atoms with van der Waals surface area (Å²) in [6.45, 7) is 0.650. The van der Waals surface area contributed by atoms with Crippen LogP contribution in [-0.4, -0.2) is 23.4 Å². The summed E-state index contributed by atoms with van der Waals surface area (Å²) in [5.74, 6) is 5.83. The molecule has 0 spiro atoms. The van der Waals surface area contributed by atoms with Crippen LogP contribution in [0.5, 0.6) is 5.75 Å². The Morgan fingerprint density at radius 2 is 2.29 bits per heavy atom. The highest BCUT2D eigenvalue weighted by atomic mass is 16.6. The molecule has 1 aromatic rings. The van der Waals surface area contributed by atoms with Gasteiger partial charge in [-0.25, -0.2) is 5.01 Å². The minimum absolute atomic E-state index is 0.570. The van der Waals surface area contributed by atoms with E-state index in [9.17, 15) is 0 Å². The van der Waals surface area contributed by atoms with Gasteiger partial charge in [0.2, 0.25) is 0 Å². The zero-order valence-electron chi connectivity index (χ0n) is 9.18. The first-order valence-corrected chi connectivity index (χ1v) is 5.38. The summed E-state index contributed by atoms with van der Waals surface area (Å²) in [4.78, 5) is 0. The van der Waals surface area contributed by atoms with Crippen molar-refractivity contribution in [1.82, 2.24) is 10.4 Å². The number of nitrogens with two attached hydrogens (primary N) is 2. The molecule has 7 nitrogen and oxygen atoms in total. The van der Waals surface area contributed by atoms with E-state index in [0.717, 1.165) is 11.4 Å². The average Bonchev–Trinajstić information content (AvgIpc) is 2.92. The number of fused-ring (bicyclic) bond motifs is 1. The first kappa shape index (κ1) is 10.2. The van der Waals surface area contributed by atoms with Gasteiger partial charge in [-0.2, -0.15) is 10.5 Å². The number of hydrogen-bond acceptors (Lipinski definition) is 7. The van der Waals surface area contributed by atoms with Gasteiger partial charge in [-0.1, -0.05) is 12.1 Å². The SMILES string of the molecule is NNC1(N2CCC(N)=N2)Nc2ccccc2O1. The molecule has 2 aliphatic rings. The van der Waals surface area contributed by atoms with Crippen molar-refractivity contribution in [1.29, 1.82) is 0 Å². The highest BCUT2D eigenvalue weighted by Gasteiger charge is 2.45. The van der Waals surface area contributed by atoms with Gasteiger partial charge in [-0.15, -0.1) is 0 Å². The second kappa shape index (κ2) is 3.51. The molecule has 2 heterocycles. The summed E-state index contributed by atoms with van der Waals surface area (Å²) in [5, 5.41) is 9.03. The summed E-state index contributed by atoms with van der Waals surface area (Å²) >= 11 is 0. The number of hydrazone groups is 1. The standard InChI is InChI=1S/C10H14N6O/c11-9-5-6-16(14-9)10(15-12)13-7-3-1-2-4-8(7)17-10/h1-4,13,15H,5-6,12H2,(H2,11,14). The fraction of sp³-hybridized carbons (Fsp3) is 0.300. The minimum Gasteiger partial charge on any atom is -0.433 e. The van der Waals surface area contributed by atoms with Crippen molar-refractivity contribution in [2.45, 2.75) is 12.4 Å². The zero-order valence-corrected chi connectivity index (χ0v) is 9.18. The molecule has 1 aromatic carbocycles. The number of nitrogens with zero attached hydrogens (tertiary/aromatic N) is 2. The highest BCUT2D eigenvalue weighted by Crippen LogP contribution is 2.37. The number of benzene rings is 1. The Morgan fingerprint density at radius 1 is 1.47 bits per heavy atom. The smallest absolute Gasteiger partial charge is 0.354 e. The molecule has 0 bridgehead atoms. The third-order valence-electron chi connectivity index (χ3n) is 2.84. The fourth-order valence-corrected chi connectivity index (χ4v) is 1.99. The number of nitrogens with one attached hydrogen (secondary N) is 2. The number of rotatable bonds is 2. The van der Waals surface area contributed by atoms with E-state index in [1.54, 1.807) is 5.01 Å². The molecule has 0 amide bonds. The first-order chi connectivity index (χ1) is 8.23. The van der Waals surface area contributed by atoms with Gasteiger partial charge in [0.1, 0.15) is 11.6 Å². The number of ether oxygens (including phenoxy) is 1. The average molecular weight is 234 g/mol. The molecular formula is C10H14N6O. The van der Waals surface area contributed by atoms with Crippen LogP contribution < -0.4 is 27.1 Å². The van der Waals surface area contributed by atoms with E-state index in [-0.39, 0.29) is 0 Å². The van der Waals surface area contributed by atoms with Crippen LogP contribution in [-0.2, 0) is 0 Å². The summed E-state index contributed by atoms with van der Waals surface area (Å²) in [5.41, 5.74) is 9.15. The Hall–Kier alpha value is -1.99. The van der Waals surface area contributed by atoms with Crippen molar-refractivity contribution in [3.05, 3.63) is 24.3 Å². The van der Waals surface area contributed by atoms with E-state index in [2.05, 4.69) is 15.8 Å². The van der Waals surface area contributed by atoms with Crippen molar-refractivity contribution in [3.63, 3.8) is 0 Å². The topological polar surface area (TPSA) is 101 Å². The second-order valence-corrected chi connectivity index (χ2v) is 3.98. The van der Waals surface area contributed by atoms with Crippen LogP contribution in [0.15, 0.2) is 29.4 Å².